The van der Waals surface area contributed by atoms with Crippen LogP contribution in [0.4, 0.5) is 23.2 Å². The lowest BCUT2D eigenvalue weighted by atomic mass is 10.1. The second-order valence-electron chi connectivity index (χ2n) is 7.51. The molecule has 0 bridgehead atoms. The van der Waals surface area contributed by atoms with Crippen LogP contribution in [0.3, 0.4) is 0 Å². The van der Waals surface area contributed by atoms with E-state index in [1.54, 1.807) is 6.07 Å². The highest BCUT2D eigenvalue weighted by atomic mass is 19.4. The van der Waals surface area contributed by atoms with Gasteiger partial charge in [0.2, 0.25) is 0 Å². The minimum absolute atomic E-state index is 0.165. The van der Waals surface area contributed by atoms with E-state index in [1.165, 1.54) is 0 Å². The van der Waals surface area contributed by atoms with Gasteiger partial charge >= 0.3 is 12.1 Å². The van der Waals surface area contributed by atoms with E-state index in [2.05, 4.69) is 20.3 Å². The summed E-state index contributed by atoms with van der Waals surface area (Å²) < 4.78 is 51.6. The number of aromatic nitrogens is 3. The van der Waals surface area contributed by atoms with E-state index in [9.17, 15) is 17.6 Å². The third kappa shape index (κ3) is 6.86. The number of halogens is 4. The van der Waals surface area contributed by atoms with Gasteiger partial charge in [-0.05, 0) is 42.4 Å². The molecule has 0 spiro atoms. The summed E-state index contributed by atoms with van der Waals surface area (Å²) >= 11 is 0. The van der Waals surface area contributed by atoms with E-state index >= 15 is 0 Å². The number of carbonyl (C=O) groups is 1. The van der Waals surface area contributed by atoms with Crippen molar-refractivity contribution in [2.75, 3.05) is 38.3 Å². The molecule has 1 aromatic heterocycles. The SMILES string of the molecule is CN(Cc1ccc(N2CCOCC2)c(F)c1)Cc1ccc2n[nH]nc2c1.O=C(O)C(F)(F)F. The molecule has 0 saturated carbocycles. The summed E-state index contributed by atoms with van der Waals surface area (Å²) in [6, 6.07) is 11.6. The smallest absolute Gasteiger partial charge is 0.475 e. The van der Waals surface area contributed by atoms with E-state index in [1.807, 2.05) is 42.3 Å². The first-order valence-corrected chi connectivity index (χ1v) is 10.0. The van der Waals surface area contributed by atoms with E-state index in [0.29, 0.717) is 25.4 Å². The zero-order chi connectivity index (χ0) is 24.0. The number of aromatic amines is 1. The Bertz CT molecular complexity index is 1080. The fraction of sp³-hybridized carbons (Fsp3) is 0.381. The van der Waals surface area contributed by atoms with Crippen LogP contribution in [0, 0.1) is 5.82 Å². The summed E-state index contributed by atoms with van der Waals surface area (Å²) in [5.74, 6) is -2.92. The number of hydrogen-bond donors (Lipinski definition) is 2. The molecule has 2 N–H and O–H groups in total. The van der Waals surface area contributed by atoms with Gasteiger partial charge in [-0.2, -0.15) is 28.6 Å². The molecule has 0 unspecified atom stereocenters. The minimum Gasteiger partial charge on any atom is -0.475 e. The highest BCUT2D eigenvalue weighted by molar-refractivity contribution is 5.74. The average Bonchev–Trinajstić information content (AvgIpc) is 3.22. The number of carboxylic acids is 1. The molecule has 1 aliphatic heterocycles. The normalized spacial score (nSPS) is 14.3. The van der Waals surface area contributed by atoms with Gasteiger partial charge in [-0.3, -0.25) is 4.90 Å². The van der Waals surface area contributed by atoms with Crippen molar-refractivity contribution in [3.63, 3.8) is 0 Å². The highest BCUT2D eigenvalue weighted by Crippen LogP contribution is 2.22. The van der Waals surface area contributed by atoms with Crippen LogP contribution in [0.15, 0.2) is 36.4 Å². The van der Waals surface area contributed by atoms with Gasteiger partial charge in [0.1, 0.15) is 16.9 Å². The number of hydrogen-bond acceptors (Lipinski definition) is 6. The lowest BCUT2D eigenvalue weighted by Crippen LogP contribution is -2.36. The van der Waals surface area contributed by atoms with Gasteiger partial charge in [0.15, 0.2) is 0 Å². The summed E-state index contributed by atoms with van der Waals surface area (Å²) in [5, 5.41) is 17.9. The number of fused-ring (bicyclic) bond motifs is 1. The zero-order valence-electron chi connectivity index (χ0n) is 17.8. The Morgan fingerprint density at radius 2 is 1.67 bits per heavy atom. The monoisotopic (exact) mass is 469 g/mol. The molecule has 0 aliphatic carbocycles. The van der Waals surface area contributed by atoms with Crippen LogP contribution in [0.2, 0.25) is 0 Å². The molecule has 178 valence electrons. The highest BCUT2D eigenvalue weighted by Gasteiger charge is 2.38. The first-order chi connectivity index (χ1) is 15.6. The van der Waals surface area contributed by atoms with Crippen molar-refractivity contribution in [3.8, 4) is 0 Å². The number of nitrogens with zero attached hydrogens (tertiary/aromatic N) is 4. The van der Waals surface area contributed by atoms with Crippen molar-refractivity contribution in [2.24, 2.45) is 0 Å². The lowest BCUT2D eigenvalue weighted by molar-refractivity contribution is -0.192. The fourth-order valence-corrected chi connectivity index (χ4v) is 3.37. The molecule has 8 nitrogen and oxygen atoms in total. The molecule has 4 rings (SSSR count). The molecule has 0 radical (unpaired) electrons. The van der Waals surface area contributed by atoms with Gasteiger partial charge in [-0.15, -0.1) is 0 Å². The van der Waals surface area contributed by atoms with Crippen molar-refractivity contribution in [1.29, 1.82) is 0 Å². The standard InChI is InChI=1S/C19H22FN5O.C2HF3O2/c1-24(13-15-2-4-17-18(11-15)22-23-21-17)12-14-3-5-19(16(20)10-14)25-6-8-26-9-7-25;3-2(4,5)1(6)7/h2-5,10-11H,6-9,12-13H2,1H3,(H,21,22,23);(H,6,7). The number of H-pyrrole nitrogens is 1. The van der Waals surface area contributed by atoms with Gasteiger partial charge in [0.05, 0.1) is 18.9 Å². The molecule has 2 heterocycles. The van der Waals surface area contributed by atoms with Crippen molar-refractivity contribution in [3.05, 3.63) is 53.3 Å². The second kappa shape index (κ2) is 10.6. The van der Waals surface area contributed by atoms with Crippen molar-refractivity contribution < 1.29 is 32.2 Å². The van der Waals surface area contributed by atoms with E-state index in [0.717, 1.165) is 41.8 Å². The molecule has 0 amide bonds. The van der Waals surface area contributed by atoms with Crippen LogP contribution in [0.25, 0.3) is 11.0 Å². The van der Waals surface area contributed by atoms with Gasteiger partial charge in [0.25, 0.3) is 0 Å². The van der Waals surface area contributed by atoms with Gasteiger partial charge in [-0.25, -0.2) is 9.18 Å². The Morgan fingerprint density at radius 3 is 2.27 bits per heavy atom. The Morgan fingerprint density at radius 1 is 1.09 bits per heavy atom. The van der Waals surface area contributed by atoms with E-state index in [4.69, 9.17) is 14.6 Å². The van der Waals surface area contributed by atoms with Gasteiger partial charge in [-0.1, -0.05) is 12.1 Å². The summed E-state index contributed by atoms with van der Waals surface area (Å²) in [6.07, 6.45) is -5.08. The Labute approximate surface area is 186 Å². The number of morpholine rings is 1. The molecular formula is C21H23F4N5O3. The minimum atomic E-state index is -5.08. The maximum atomic E-state index is 14.5. The summed E-state index contributed by atoms with van der Waals surface area (Å²) in [5.41, 5.74) is 4.49. The molecule has 3 aromatic rings. The Hall–Kier alpha value is -3.25. The Kier molecular flexibility index (Phi) is 7.82. The first-order valence-electron chi connectivity index (χ1n) is 10.0. The van der Waals surface area contributed by atoms with Crippen molar-refractivity contribution in [2.45, 2.75) is 19.3 Å². The molecule has 2 aromatic carbocycles. The lowest BCUT2D eigenvalue weighted by Gasteiger charge is -2.29. The topological polar surface area (TPSA) is 94.6 Å². The second-order valence-corrected chi connectivity index (χ2v) is 7.51. The molecule has 1 saturated heterocycles. The largest absolute Gasteiger partial charge is 0.490 e. The van der Waals surface area contributed by atoms with Gasteiger partial charge in [0, 0.05) is 26.2 Å². The van der Waals surface area contributed by atoms with Crippen LogP contribution in [0.5, 0.6) is 0 Å². The van der Waals surface area contributed by atoms with Crippen LogP contribution in [0.1, 0.15) is 11.1 Å². The Balaban J connectivity index is 0.000000383. The number of rotatable bonds is 5. The summed E-state index contributed by atoms with van der Waals surface area (Å²) in [6.45, 7) is 4.22. The summed E-state index contributed by atoms with van der Waals surface area (Å²) in [7, 11) is 2.03. The molecule has 33 heavy (non-hydrogen) atoms. The molecule has 1 fully saturated rings. The average molecular weight is 469 g/mol. The molecular weight excluding hydrogens is 446 g/mol. The number of benzene rings is 2. The fourth-order valence-electron chi connectivity index (χ4n) is 3.37. The molecule has 1 aliphatic rings. The first kappa shape index (κ1) is 24.4. The summed E-state index contributed by atoms with van der Waals surface area (Å²) in [4.78, 5) is 13.1. The van der Waals surface area contributed by atoms with Gasteiger partial charge < -0.3 is 14.7 Å². The van der Waals surface area contributed by atoms with E-state index < -0.39 is 12.1 Å². The third-order valence-corrected chi connectivity index (χ3v) is 4.89. The van der Waals surface area contributed by atoms with Crippen LogP contribution in [-0.2, 0) is 22.6 Å². The van der Waals surface area contributed by atoms with Crippen LogP contribution >= 0.6 is 0 Å². The number of ether oxygens (including phenoxy) is 1. The number of nitrogens with one attached hydrogen (secondary N) is 1. The van der Waals surface area contributed by atoms with Crippen LogP contribution < -0.4 is 4.90 Å². The maximum Gasteiger partial charge on any atom is 0.490 e. The molecule has 12 heteroatoms. The number of alkyl halides is 3. The predicted octanol–water partition coefficient (Wildman–Crippen LogP) is 3.20. The molecule has 0 atom stereocenters. The van der Waals surface area contributed by atoms with E-state index in [-0.39, 0.29) is 5.82 Å². The third-order valence-electron chi connectivity index (χ3n) is 4.89. The quantitative estimate of drug-likeness (QED) is 0.555. The van der Waals surface area contributed by atoms with Crippen LogP contribution in [-0.4, -0.2) is 70.9 Å². The predicted molar refractivity (Wildman–Crippen MR) is 112 cm³/mol. The zero-order valence-corrected chi connectivity index (χ0v) is 17.8. The number of anilines is 1. The number of aliphatic carboxylic acids is 1. The maximum absolute atomic E-state index is 14.5. The van der Waals surface area contributed by atoms with Crippen molar-refractivity contribution in [1.82, 2.24) is 20.3 Å². The number of carboxylic acid groups (broad SMARTS) is 1. The van der Waals surface area contributed by atoms with Crippen molar-refractivity contribution >= 4 is 22.7 Å².